The third-order valence-electron chi connectivity index (χ3n) is 2.52. The number of ether oxygens (including phenoxy) is 1. The Bertz CT molecular complexity index is 360. The summed E-state index contributed by atoms with van der Waals surface area (Å²) in [6.45, 7) is 5.72. The summed E-state index contributed by atoms with van der Waals surface area (Å²) in [5.41, 5.74) is -0.504. The molecule has 102 valence electrons. The molecule has 0 aromatic carbocycles. The molecule has 2 amide bonds. The zero-order valence-corrected chi connectivity index (χ0v) is 11.3. The van der Waals surface area contributed by atoms with Crippen molar-refractivity contribution in [1.29, 1.82) is 0 Å². The molecular formula is C12H20N2O4. The lowest BCUT2D eigenvalue weighted by molar-refractivity contribution is -0.154. The van der Waals surface area contributed by atoms with Crippen molar-refractivity contribution in [3.8, 4) is 0 Å². The third-order valence-corrected chi connectivity index (χ3v) is 2.52. The first-order valence-electron chi connectivity index (χ1n) is 5.96. The average Bonchev–Trinajstić information content (AvgIpc) is 2.44. The lowest BCUT2D eigenvalue weighted by atomic mass is 10.2. The van der Waals surface area contributed by atoms with Gasteiger partial charge in [-0.05, 0) is 20.8 Å². The molecule has 1 heterocycles. The fraction of sp³-hybridized carbons (Fsp3) is 0.750. The topological polar surface area (TPSA) is 75.7 Å². The van der Waals surface area contributed by atoms with Gasteiger partial charge in [0.05, 0.1) is 18.9 Å². The maximum atomic E-state index is 11.5. The quantitative estimate of drug-likeness (QED) is 0.569. The van der Waals surface area contributed by atoms with Gasteiger partial charge in [-0.2, -0.15) is 0 Å². The van der Waals surface area contributed by atoms with E-state index in [-0.39, 0.29) is 30.6 Å². The van der Waals surface area contributed by atoms with Crippen LogP contribution in [0.3, 0.4) is 0 Å². The summed E-state index contributed by atoms with van der Waals surface area (Å²) >= 11 is 0. The minimum atomic E-state index is -0.509. The van der Waals surface area contributed by atoms with Gasteiger partial charge in [-0.25, -0.2) is 0 Å². The van der Waals surface area contributed by atoms with Crippen molar-refractivity contribution in [2.24, 2.45) is 0 Å². The van der Waals surface area contributed by atoms with Crippen molar-refractivity contribution >= 4 is 17.8 Å². The number of likely N-dealkylation sites (tertiary alicyclic amines) is 1. The number of likely N-dealkylation sites (N-methyl/N-ethyl adjacent to an activating group) is 1. The second-order valence-electron chi connectivity index (χ2n) is 5.34. The van der Waals surface area contributed by atoms with Crippen molar-refractivity contribution in [3.63, 3.8) is 0 Å². The van der Waals surface area contributed by atoms with Crippen LogP contribution in [-0.2, 0) is 19.1 Å². The molecule has 6 nitrogen and oxygen atoms in total. The molecule has 1 atom stereocenters. The zero-order valence-electron chi connectivity index (χ0n) is 11.3. The molecule has 1 aliphatic rings. The lowest BCUT2D eigenvalue weighted by Gasteiger charge is -2.19. The summed E-state index contributed by atoms with van der Waals surface area (Å²) < 4.78 is 5.13. The summed E-state index contributed by atoms with van der Waals surface area (Å²) in [6, 6.07) is -0.509. The highest BCUT2D eigenvalue weighted by Gasteiger charge is 2.35. The molecule has 0 aromatic heterocycles. The van der Waals surface area contributed by atoms with Gasteiger partial charge in [-0.1, -0.05) is 0 Å². The standard InChI is InChI=1S/C12H20N2O4/c1-12(2,3)18-10(16)5-6-13-8-7-9(15)14(4)11(8)17/h8,13H,5-7H2,1-4H3. The first-order chi connectivity index (χ1) is 8.20. The number of rotatable bonds is 4. The van der Waals surface area contributed by atoms with Gasteiger partial charge in [-0.3, -0.25) is 19.3 Å². The maximum absolute atomic E-state index is 11.5. The summed E-state index contributed by atoms with van der Waals surface area (Å²) in [6.07, 6.45) is 0.336. The largest absolute Gasteiger partial charge is 0.460 e. The normalized spacial score (nSPS) is 20.4. The minimum Gasteiger partial charge on any atom is -0.460 e. The number of nitrogens with one attached hydrogen (secondary N) is 1. The van der Waals surface area contributed by atoms with E-state index in [4.69, 9.17) is 4.74 Å². The molecule has 1 saturated heterocycles. The monoisotopic (exact) mass is 256 g/mol. The Morgan fingerprint density at radius 2 is 2.06 bits per heavy atom. The smallest absolute Gasteiger partial charge is 0.307 e. The molecule has 1 unspecified atom stereocenters. The Morgan fingerprint density at radius 3 is 2.50 bits per heavy atom. The molecule has 1 aliphatic heterocycles. The van der Waals surface area contributed by atoms with Crippen LogP contribution in [0.4, 0.5) is 0 Å². The highest BCUT2D eigenvalue weighted by molar-refractivity contribution is 6.05. The second kappa shape index (κ2) is 5.48. The SMILES string of the molecule is CN1C(=O)CC(NCCC(=O)OC(C)(C)C)C1=O. The van der Waals surface area contributed by atoms with Crippen LogP contribution in [0, 0.1) is 0 Å². The molecule has 0 aromatic rings. The van der Waals surface area contributed by atoms with E-state index in [1.165, 1.54) is 7.05 Å². The Balaban J connectivity index is 2.29. The van der Waals surface area contributed by atoms with Crippen molar-refractivity contribution in [2.75, 3.05) is 13.6 Å². The van der Waals surface area contributed by atoms with E-state index >= 15 is 0 Å². The molecule has 0 spiro atoms. The predicted molar refractivity (Wildman–Crippen MR) is 64.6 cm³/mol. The van der Waals surface area contributed by atoms with Gasteiger partial charge in [0.25, 0.3) is 0 Å². The maximum Gasteiger partial charge on any atom is 0.307 e. The van der Waals surface area contributed by atoms with Gasteiger partial charge in [0, 0.05) is 13.6 Å². The number of nitrogens with zero attached hydrogens (tertiary/aromatic N) is 1. The van der Waals surface area contributed by atoms with Crippen LogP contribution in [0.15, 0.2) is 0 Å². The molecule has 0 radical (unpaired) electrons. The van der Waals surface area contributed by atoms with Gasteiger partial charge < -0.3 is 10.1 Å². The summed E-state index contributed by atoms with van der Waals surface area (Å²) in [5.74, 6) is -0.765. The van der Waals surface area contributed by atoms with Crippen LogP contribution < -0.4 is 5.32 Å². The molecule has 1 rings (SSSR count). The van der Waals surface area contributed by atoms with Crippen LogP contribution in [0.1, 0.15) is 33.6 Å². The Morgan fingerprint density at radius 1 is 1.44 bits per heavy atom. The fourth-order valence-electron chi connectivity index (χ4n) is 1.66. The highest BCUT2D eigenvalue weighted by Crippen LogP contribution is 2.11. The van der Waals surface area contributed by atoms with Crippen molar-refractivity contribution in [2.45, 2.75) is 45.3 Å². The van der Waals surface area contributed by atoms with E-state index in [0.29, 0.717) is 6.54 Å². The van der Waals surface area contributed by atoms with Gasteiger partial charge >= 0.3 is 5.97 Å². The molecule has 1 fully saturated rings. The van der Waals surface area contributed by atoms with Gasteiger partial charge in [0.2, 0.25) is 11.8 Å². The van der Waals surface area contributed by atoms with Gasteiger partial charge in [0.15, 0.2) is 0 Å². The molecule has 18 heavy (non-hydrogen) atoms. The Hall–Kier alpha value is -1.43. The van der Waals surface area contributed by atoms with Gasteiger partial charge in [0.1, 0.15) is 5.60 Å². The van der Waals surface area contributed by atoms with E-state index in [1.807, 2.05) is 0 Å². The first-order valence-corrected chi connectivity index (χ1v) is 5.96. The lowest BCUT2D eigenvalue weighted by Crippen LogP contribution is -2.38. The molecule has 0 saturated carbocycles. The van der Waals surface area contributed by atoms with Crippen molar-refractivity contribution in [3.05, 3.63) is 0 Å². The number of carbonyl (C=O) groups excluding carboxylic acids is 3. The fourth-order valence-corrected chi connectivity index (χ4v) is 1.66. The van der Waals surface area contributed by atoms with E-state index < -0.39 is 11.6 Å². The van der Waals surface area contributed by atoms with E-state index in [1.54, 1.807) is 20.8 Å². The molecule has 6 heteroatoms. The first kappa shape index (κ1) is 14.6. The highest BCUT2D eigenvalue weighted by atomic mass is 16.6. The zero-order chi connectivity index (χ0) is 13.9. The van der Waals surface area contributed by atoms with Crippen LogP contribution in [0.25, 0.3) is 0 Å². The number of esters is 1. The number of amides is 2. The third kappa shape index (κ3) is 4.10. The summed E-state index contributed by atoms with van der Waals surface area (Å²) in [5, 5.41) is 2.90. The molecule has 1 N–H and O–H groups in total. The van der Waals surface area contributed by atoms with E-state index in [9.17, 15) is 14.4 Å². The van der Waals surface area contributed by atoms with Crippen molar-refractivity contribution in [1.82, 2.24) is 10.2 Å². The number of carbonyl (C=O) groups is 3. The second-order valence-corrected chi connectivity index (χ2v) is 5.34. The Kier molecular flexibility index (Phi) is 4.45. The number of imide groups is 1. The number of hydrogen-bond acceptors (Lipinski definition) is 5. The van der Waals surface area contributed by atoms with Crippen LogP contribution >= 0.6 is 0 Å². The Labute approximate surface area is 107 Å². The molecular weight excluding hydrogens is 236 g/mol. The van der Waals surface area contributed by atoms with E-state index in [0.717, 1.165) is 4.90 Å². The van der Waals surface area contributed by atoms with Crippen LogP contribution in [-0.4, -0.2) is 47.9 Å². The van der Waals surface area contributed by atoms with Crippen LogP contribution in [0.2, 0.25) is 0 Å². The summed E-state index contributed by atoms with van der Waals surface area (Å²) in [7, 11) is 1.46. The van der Waals surface area contributed by atoms with Gasteiger partial charge in [-0.15, -0.1) is 0 Å². The molecule has 0 bridgehead atoms. The average molecular weight is 256 g/mol. The van der Waals surface area contributed by atoms with E-state index in [2.05, 4.69) is 5.32 Å². The number of hydrogen-bond donors (Lipinski definition) is 1. The summed E-state index contributed by atoms with van der Waals surface area (Å²) in [4.78, 5) is 35.3. The van der Waals surface area contributed by atoms with Crippen molar-refractivity contribution < 1.29 is 19.1 Å². The molecule has 0 aliphatic carbocycles. The minimum absolute atomic E-state index is 0.156. The predicted octanol–water partition coefficient (Wildman–Crippen LogP) is 0.0651. The van der Waals surface area contributed by atoms with Crippen LogP contribution in [0.5, 0.6) is 0 Å².